The fourth-order valence-electron chi connectivity index (χ4n) is 3.03. The average molecular weight is 432 g/mol. The number of hydrogen-bond donors (Lipinski definition) is 1. The van der Waals surface area contributed by atoms with Crippen molar-refractivity contribution in [2.45, 2.75) is 31.2 Å². The quantitative estimate of drug-likeness (QED) is 0.628. The third-order valence-corrected chi connectivity index (χ3v) is 5.97. The Kier molecular flexibility index (Phi) is 6.10. The van der Waals surface area contributed by atoms with Gasteiger partial charge in [-0.15, -0.1) is 0 Å². The molecule has 0 radical (unpaired) electrons. The normalized spacial score (nSPS) is 11.6. The summed E-state index contributed by atoms with van der Waals surface area (Å²) in [7, 11) is -3.53. The standard InChI is InChI=1S/C21H22ClN3O3S/c1-14(2)20-23-9-10-25(20)13-15-5-4-6-17(11-15)24-21(26)16-7-8-18(22)19(12-16)29(3,27)28/h4-12,14H,13H2,1-3H3,(H,24,26). The van der Waals surface area contributed by atoms with Gasteiger partial charge in [-0.3, -0.25) is 4.79 Å². The van der Waals surface area contributed by atoms with Crippen LogP contribution in [0.4, 0.5) is 5.69 Å². The van der Waals surface area contributed by atoms with Crippen LogP contribution in [0, 0.1) is 0 Å². The number of rotatable bonds is 6. The number of nitrogens with one attached hydrogen (secondary N) is 1. The summed E-state index contributed by atoms with van der Waals surface area (Å²) in [6, 6.07) is 11.7. The first-order valence-electron chi connectivity index (χ1n) is 9.06. The number of carbonyl (C=O) groups excluding carboxylic acids is 1. The highest BCUT2D eigenvalue weighted by atomic mass is 35.5. The molecule has 1 aromatic heterocycles. The van der Waals surface area contributed by atoms with Crippen molar-refractivity contribution in [1.29, 1.82) is 0 Å². The summed E-state index contributed by atoms with van der Waals surface area (Å²) >= 11 is 5.95. The van der Waals surface area contributed by atoms with Gasteiger partial charge in [0.25, 0.3) is 5.91 Å². The molecule has 2 aromatic carbocycles. The summed E-state index contributed by atoms with van der Waals surface area (Å²) in [6.45, 7) is 4.81. The lowest BCUT2D eigenvalue weighted by atomic mass is 10.1. The van der Waals surface area contributed by atoms with Crippen molar-refractivity contribution in [1.82, 2.24) is 9.55 Å². The molecular formula is C21H22ClN3O3S. The number of halogens is 1. The summed E-state index contributed by atoms with van der Waals surface area (Å²) in [5.74, 6) is 0.893. The van der Waals surface area contributed by atoms with Crippen LogP contribution in [-0.2, 0) is 16.4 Å². The molecule has 6 nitrogen and oxygen atoms in total. The zero-order chi connectivity index (χ0) is 21.2. The summed E-state index contributed by atoms with van der Waals surface area (Å²) < 4.78 is 25.7. The SMILES string of the molecule is CC(C)c1nccn1Cc1cccc(NC(=O)c2ccc(Cl)c(S(C)(=O)=O)c2)c1. The maximum Gasteiger partial charge on any atom is 0.255 e. The zero-order valence-electron chi connectivity index (χ0n) is 16.4. The van der Waals surface area contributed by atoms with Gasteiger partial charge in [0.1, 0.15) is 5.82 Å². The van der Waals surface area contributed by atoms with Crippen LogP contribution >= 0.6 is 11.6 Å². The third-order valence-electron chi connectivity index (χ3n) is 4.39. The summed E-state index contributed by atoms with van der Waals surface area (Å²) in [6.07, 6.45) is 4.77. The Morgan fingerprint density at radius 2 is 1.97 bits per heavy atom. The number of nitrogens with zero attached hydrogens (tertiary/aromatic N) is 2. The number of anilines is 1. The molecule has 0 fully saturated rings. The van der Waals surface area contributed by atoms with Gasteiger partial charge in [0.15, 0.2) is 9.84 Å². The van der Waals surface area contributed by atoms with E-state index in [-0.39, 0.29) is 15.5 Å². The van der Waals surface area contributed by atoms with E-state index in [0.29, 0.717) is 18.2 Å². The highest BCUT2D eigenvalue weighted by Gasteiger charge is 2.16. The molecule has 1 N–H and O–H groups in total. The van der Waals surface area contributed by atoms with Gasteiger partial charge in [-0.1, -0.05) is 37.6 Å². The summed E-state index contributed by atoms with van der Waals surface area (Å²) in [5.41, 5.74) is 1.85. The predicted octanol–water partition coefficient (Wildman–Crippen LogP) is 4.36. The molecule has 0 aliphatic heterocycles. The second-order valence-corrected chi connectivity index (χ2v) is 9.53. The highest BCUT2D eigenvalue weighted by Crippen LogP contribution is 2.23. The van der Waals surface area contributed by atoms with Crippen LogP contribution in [0.15, 0.2) is 59.8 Å². The molecule has 8 heteroatoms. The molecule has 0 saturated carbocycles. The van der Waals surface area contributed by atoms with Crippen LogP contribution in [0.2, 0.25) is 5.02 Å². The van der Waals surface area contributed by atoms with Gasteiger partial charge in [-0.05, 0) is 35.9 Å². The first-order chi connectivity index (χ1) is 13.6. The van der Waals surface area contributed by atoms with Gasteiger partial charge in [0, 0.05) is 42.4 Å². The maximum absolute atomic E-state index is 12.6. The van der Waals surface area contributed by atoms with Crippen molar-refractivity contribution < 1.29 is 13.2 Å². The lowest BCUT2D eigenvalue weighted by Gasteiger charge is -2.12. The van der Waals surface area contributed by atoms with Crippen LogP contribution in [0.5, 0.6) is 0 Å². The molecule has 0 aliphatic rings. The Morgan fingerprint density at radius 1 is 1.21 bits per heavy atom. The maximum atomic E-state index is 12.6. The van der Waals surface area contributed by atoms with Gasteiger partial charge in [0.05, 0.1) is 9.92 Å². The van der Waals surface area contributed by atoms with Crippen molar-refractivity contribution in [3.05, 3.63) is 76.8 Å². The van der Waals surface area contributed by atoms with Crippen molar-refractivity contribution >= 4 is 33.0 Å². The van der Waals surface area contributed by atoms with Crippen molar-refractivity contribution in [3.63, 3.8) is 0 Å². The van der Waals surface area contributed by atoms with Gasteiger partial charge in [-0.2, -0.15) is 0 Å². The van der Waals surface area contributed by atoms with Crippen molar-refractivity contribution in [3.8, 4) is 0 Å². The molecule has 0 saturated heterocycles. The summed E-state index contributed by atoms with van der Waals surface area (Å²) in [4.78, 5) is 16.9. The fourth-order valence-corrected chi connectivity index (χ4v) is 4.33. The van der Waals surface area contributed by atoms with Crippen LogP contribution in [0.25, 0.3) is 0 Å². The molecule has 29 heavy (non-hydrogen) atoms. The first-order valence-corrected chi connectivity index (χ1v) is 11.3. The molecular weight excluding hydrogens is 410 g/mol. The Morgan fingerprint density at radius 3 is 2.66 bits per heavy atom. The first kappa shape index (κ1) is 21.1. The van der Waals surface area contributed by atoms with E-state index in [9.17, 15) is 13.2 Å². The molecule has 0 unspecified atom stereocenters. The number of sulfone groups is 1. The Labute approximate surface area is 175 Å². The molecule has 0 bridgehead atoms. The lowest BCUT2D eigenvalue weighted by Crippen LogP contribution is -2.13. The Balaban J connectivity index is 1.80. The van der Waals surface area contributed by atoms with Crippen LogP contribution < -0.4 is 5.32 Å². The van der Waals surface area contributed by atoms with Gasteiger partial charge < -0.3 is 9.88 Å². The van der Waals surface area contributed by atoms with Gasteiger partial charge >= 0.3 is 0 Å². The molecule has 3 rings (SSSR count). The van der Waals surface area contributed by atoms with E-state index in [1.807, 2.05) is 24.4 Å². The minimum absolute atomic E-state index is 0.0677. The highest BCUT2D eigenvalue weighted by molar-refractivity contribution is 7.90. The third kappa shape index (κ3) is 5.05. The van der Waals surface area contributed by atoms with E-state index in [4.69, 9.17) is 11.6 Å². The molecule has 152 valence electrons. The van der Waals surface area contributed by atoms with E-state index in [0.717, 1.165) is 17.6 Å². The second kappa shape index (κ2) is 8.39. The van der Waals surface area contributed by atoms with Gasteiger partial charge in [0.2, 0.25) is 0 Å². The van der Waals surface area contributed by atoms with E-state index >= 15 is 0 Å². The minimum Gasteiger partial charge on any atom is -0.330 e. The van der Waals surface area contributed by atoms with E-state index in [1.165, 1.54) is 18.2 Å². The monoisotopic (exact) mass is 431 g/mol. The summed E-state index contributed by atoms with van der Waals surface area (Å²) in [5, 5.41) is 2.90. The molecule has 1 amide bonds. The lowest BCUT2D eigenvalue weighted by molar-refractivity contribution is 0.102. The van der Waals surface area contributed by atoms with Crippen molar-refractivity contribution in [2.24, 2.45) is 0 Å². The number of imidazole rings is 1. The molecule has 1 heterocycles. The van der Waals surface area contributed by atoms with Crippen LogP contribution in [-0.4, -0.2) is 30.1 Å². The Bertz CT molecular complexity index is 1150. The van der Waals surface area contributed by atoms with E-state index in [1.54, 1.807) is 12.3 Å². The fraction of sp³-hybridized carbons (Fsp3) is 0.238. The topological polar surface area (TPSA) is 81.1 Å². The molecule has 0 aliphatic carbocycles. The van der Waals surface area contributed by atoms with Crippen molar-refractivity contribution in [2.75, 3.05) is 11.6 Å². The number of hydrogen-bond acceptors (Lipinski definition) is 4. The molecule has 0 atom stereocenters. The van der Waals surface area contributed by atoms with Gasteiger partial charge in [-0.25, -0.2) is 13.4 Å². The molecule has 0 spiro atoms. The minimum atomic E-state index is -3.53. The predicted molar refractivity (Wildman–Crippen MR) is 114 cm³/mol. The van der Waals surface area contributed by atoms with E-state index < -0.39 is 15.7 Å². The number of aromatic nitrogens is 2. The van der Waals surface area contributed by atoms with E-state index in [2.05, 4.69) is 28.7 Å². The number of benzene rings is 2. The zero-order valence-corrected chi connectivity index (χ0v) is 18.0. The largest absolute Gasteiger partial charge is 0.330 e. The second-order valence-electron chi connectivity index (χ2n) is 7.14. The van der Waals surface area contributed by atoms with Crippen LogP contribution in [0.1, 0.15) is 41.5 Å². The number of amides is 1. The number of carbonyl (C=O) groups is 1. The average Bonchev–Trinajstić information content (AvgIpc) is 3.09. The molecule has 3 aromatic rings. The smallest absolute Gasteiger partial charge is 0.255 e. The van der Waals surface area contributed by atoms with Crippen LogP contribution in [0.3, 0.4) is 0 Å². The Hall–Kier alpha value is -2.64.